The third-order valence-electron chi connectivity index (χ3n) is 2.72. The lowest BCUT2D eigenvalue weighted by Gasteiger charge is -2.27. The van der Waals surface area contributed by atoms with Gasteiger partial charge < -0.3 is 5.73 Å². The first-order chi connectivity index (χ1) is 8.21. The SMILES string of the molecule is CCC(C)(NS(=O)(=O)c1cccc(Br)c1)C(N)=S. The first kappa shape index (κ1) is 15.6. The molecule has 1 aromatic rings. The van der Waals surface area contributed by atoms with Crippen LogP contribution in [0.25, 0.3) is 0 Å². The Bertz CT molecular complexity index is 560. The maximum Gasteiger partial charge on any atom is 0.241 e. The summed E-state index contributed by atoms with van der Waals surface area (Å²) in [5.41, 5.74) is 4.67. The molecule has 0 fully saturated rings. The highest BCUT2D eigenvalue weighted by atomic mass is 79.9. The van der Waals surface area contributed by atoms with E-state index >= 15 is 0 Å². The first-order valence-electron chi connectivity index (χ1n) is 5.31. The molecule has 7 heteroatoms. The van der Waals surface area contributed by atoms with Gasteiger partial charge in [-0.25, -0.2) is 8.42 Å². The minimum Gasteiger partial charge on any atom is -0.392 e. The molecule has 0 aliphatic carbocycles. The monoisotopic (exact) mass is 350 g/mol. The second-order valence-corrected chi connectivity index (χ2v) is 7.15. The molecule has 0 spiro atoms. The van der Waals surface area contributed by atoms with Crippen LogP contribution in [-0.2, 0) is 10.0 Å². The van der Waals surface area contributed by atoms with E-state index in [1.54, 1.807) is 19.1 Å². The average Bonchev–Trinajstić information content (AvgIpc) is 2.28. The zero-order valence-electron chi connectivity index (χ0n) is 10.1. The number of nitrogens with one attached hydrogen (secondary N) is 1. The number of hydrogen-bond acceptors (Lipinski definition) is 3. The van der Waals surface area contributed by atoms with Gasteiger partial charge in [-0.3, -0.25) is 0 Å². The minimum atomic E-state index is -3.65. The molecule has 0 amide bonds. The van der Waals surface area contributed by atoms with E-state index in [9.17, 15) is 8.42 Å². The lowest BCUT2D eigenvalue weighted by Crippen LogP contribution is -2.53. The molecule has 1 unspecified atom stereocenters. The Morgan fingerprint density at radius 3 is 2.61 bits per heavy atom. The third kappa shape index (κ3) is 3.50. The van der Waals surface area contributed by atoms with Crippen LogP contribution in [-0.4, -0.2) is 18.9 Å². The molecule has 0 aromatic heterocycles. The van der Waals surface area contributed by atoms with E-state index in [0.717, 1.165) is 0 Å². The second-order valence-electron chi connectivity index (χ2n) is 4.11. The predicted octanol–water partition coefficient (Wildman–Crippen LogP) is 2.18. The van der Waals surface area contributed by atoms with E-state index < -0.39 is 15.6 Å². The molecule has 18 heavy (non-hydrogen) atoms. The minimum absolute atomic E-state index is 0.128. The van der Waals surface area contributed by atoms with Crippen LogP contribution >= 0.6 is 28.1 Å². The summed E-state index contributed by atoms with van der Waals surface area (Å²) in [4.78, 5) is 0.302. The van der Waals surface area contributed by atoms with Gasteiger partial charge in [-0.05, 0) is 31.5 Å². The molecular weight excluding hydrogens is 336 g/mol. The average molecular weight is 351 g/mol. The largest absolute Gasteiger partial charge is 0.392 e. The standard InChI is InChI=1S/C11H15BrN2O2S2/c1-3-11(2,10(13)17)14-18(15,16)9-6-4-5-8(12)7-9/h4-7,14H,3H2,1-2H3,(H2,13,17). The molecule has 4 nitrogen and oxygen atoms in total. The molecule has 0 saturated heterocycles. The fourth-order valence-electron chi connectivity index (χ4n) is 1.29. The van der Waals surface area contributed by atoms with E-state index in [1.165, 1.54) is 12.1 Å². The Kier molecular flexibility index (Phi) is 4.88. The highest BCUT2D eigenvalue weighted by molar-refractivity contribution is 9.10. The topological polar surface area (TPSA) is 72.2 Å². The Morgan fingerprint density at radius 2 is 2.17 bits per heavy atom. The smallest absolute Gasteiger partial charge is 0.241 e. The number of halogens is 1. The number of sulfonamides is 1. The summed E-state index contributed by atoms with van der Waals surface area (Å²) < 4.78 is 27.7. The number of hydrogen-bond donors (Lipinski definition) is 2. The van der Waals surface area contributed by atoms with Crippen molar-refractivity contribution in [2.75, 3.05) is 0 Å². The van der Waals surface area contributed by atoms with E-state index in [1.807, 2.05) is 6.92 Å². The predicted molar refractivity (Wildman–Crippen MR) is 79.9 cm³/mol. The highest BCUT2D eigenvalue weighted by Gasteiger charge is 2.31. The molecule has 0 heterocycles. The summed E-state index contributed by atoms with van der Waals surface area (Å²) in [5.74, 6) is 0. The lowest BCUT2D eigenvalue weighted by atomic mass is 10.0. The molecule has 0 aliphatic rings. The maximum atomic E-state index is 12.2. The van der Waals surface area contributed by atoms with Crippen molar-refractivity contribution in [3.8, 4) is 0 Å². The van der Waals surface area contributed by atoms with Gasteiger partial charge in [-0.1, -0.05) is 41.1 Å². The Balaban J connectivity index is 3.13. The maximum absolute atomic E-state index is 12.2. The van der Waals surface area contributed by atoms with Crippen molar-refractivity contribution in [2.45, 2.75) is 30.7 Å². The summed E-state index contributed by atoms with van der Waals surface area (Å²) in [6.45, 7) is 3.49. The van der Waals surface area contributed by atoms with Gasteiger partial charge in [0, 0.05) is 4.47 Å². The summed E-state index contributed by atoms with van der Waals surface area (Å²) in [5, 5.41) is 0. The van der Waals surface area contributed by atoms with Crippen molar-refractivity contribution in [3.05, 3.63) is 28.7 Å². The van der Waals surface area contributed by atoms with Gasteiger partial charge in [-0.2, -0.15) is 4.72 Å². The van der Waals surface area contributed by atoms with E-state index in [4.69, 9.17) is 18.0 Å². The summed E-state index contributed by atoms with van der Waals surface area (Å²) in [6, 6.07) is 6.45. The van der Waals surface area contributed by atoms with Crippen LogP contribution in [0.2, 0.25) is 0 Å². The van der Waals surface area contributed by atoms with Gasteiger partial charge in [0.05, 0.1) is 15.4 Å². The second kappa shape index (κ2) is 5.64. The quantitative estimate of drug-likeness (QED) is 0.798. The molecule has 3 N–H and O–H groups in total. The molecule has 1 atom stereocenters. The van der Waals surface area contributed by atoms with Crippen LogP contribution < -0.4 is 10.5 Å². The zero-order valence-corrected chi connectivity index (χ0v) is 13.3. The Morgan fingerprint density at radius 1 is 1.56 bits per heavy atom. The molecule has 1 rings (SSSR count). The van der Waals surface area contributed by atoms with Gasteiger partial charge in [0.15, 0.2) is 0 Å². The Hall–Kier alpha value is -0.500. The van der Waals surface area contributed by atoms with Crippen molar-refractivity contribution in [1.82, 2.24) is 4.72 Å². The lowest BCUT2D eigenvalue weighted by molar-refractivity contribution is 0.511. The molecule has 0 bridgehead atoms. The highest BCUT2D eigenvalue weighted by Crippen LogP contribution is 2.19. The van der Waals surface area contributed by atoms with Gasteiger partial charge in [0.1, 0.15) is 0 Å². The third-order valence-corrected chi connectivity index (χ3v) is 5.25. The molecule has 0 saturated carbocycles. The molecule has 100 valence electrons. The normalized spacial score (nSPS) is 15.1. The van der Waals surface area contributed by atoms with Crippen LogP contribution in [0.15, 0.2) is 33.6 Å². The van der Waals surface area contributed by atoms with Crippen LogP contribution in [0.1, 0.15) is 20.3 Å². The van der Waals surface area contributed by atoms with E-state index in [0.29, 0.717) is 10.9 Å². The number of nitrogens with two attached hydrogens (primary N) is 1. The molecule has 0 aliphatic heterocycles. The van der Waals surface area contributed by atoms with Crippen LogP contribution in [0.5, 0.6) is 0 Å². The van der Waals surface area contributed by atoms with E-state index in [2.05, 4.69) is 20.7 Å². The molecular formula is C11H15BrN2O2S2. The Labute approximate surface area is 121 Å². The van der Waals surface area contributed by atoms with Crippen LogP contribution in [0, 0.1) is 0 Å². The summed E-state index contributed by atoms with van der Waals surface area (Å²) in [7, 11) is -3.65. The van der Waals surface area contributed by atoms with Gasteiger partial charge in [0.2, 0.25) is 10.0 Å². The fourth-order valence-corrected chi connectivity index (χ4v) is 3.60. The van der Waals surface area contributed by atoms with Gasteiger partial charge >= 0.3 is 0 Å². The van der Waals surface area contributed by atoms with Crippen molar-refractivity contribution in [3.63, 3.8) is 0 Å². The van der Waals surface area contributed by atoms with Crippen molar-refractivity contribution in [2.24, 2.45) is 5.73 Å². The van der Waals surface area contributed by atoms with Gasteiger partial charge in [0.25, 0.3) is 0 Å². The van der Waals surface area contributed by atoms with Crippen LogP contribution in [0.4, 0.5) is 0 Å². The number of benzene rings is 1. The first-order valence-corrected chi connectivity index (χ1v) is 7.99. The number of thiocarbonyl (C=S) groups is 1. The number of rotatable bonds is 5. The van der Waals surface area contributed by atoms with Gasteiger partial charge in [-0.15, -0.1) is 0 Å². The van der Waals surface area contributed by atoms with Crippen molar-refractivity contribution in [1.29, 1.82) is 0 Å². The summed E-state index contributed by atoms with van der Waals surface area (Å²) in [6.07, 6.45) is 0.482. The van der Waals surface area contributed by atoms with Crippen molar-refractivity contribution < 1.29 is 8.42 Å². The zero-order chi connectivity index (χ0) is 14.0. The fraction of sp³-hybridized carbons (Fsp3) is 0.364. The molecule has 0 radical (unpaired) electrons. The van der Waals surface area contributed by atoms with E-state index in [-0.39, 0.29) is 9.88 Å². The van der Waals surface area contributed by atoms with Crippen LogP contribution in [0.3, 0.4) is 0 Å². The summed E-state index contributed by atoms with van der Waals surface area (Å²) >= 11 is 8.15. The van der Waals surface area contributed by atoms with Crippen molar-refractivity contribution >= 4 is 43.2 Å². The molecule has 1 aromatic carbocycles.